The highest BCUT2D eigenvalue weighted by Crippen LogP contribution is 2.21. The monoisotopic (exact) mass is 260 g/mol. The lowest BCUT2D eigenvalue weighted by Crippen LogP contribution is -2.49. The van der Waals surface area contributed by atoms with Crippen LogP contribution in [0.15, 0.2) is 30.3 Å². The van der Waals surface area contributed by atoms with Gasteiger partial charge in [0.2, 0.25) is 5.91 Å². The Morgan fingerprint density at radius 1 is 1.32 bits per heavy atom. The van der Waals surface area contributed by atoms with Crippen LogP contribution in [0.2, 0.25) is 0 Å². The number of amides is 1. The average molecular weight is 260 g/mol. The molecule has 3 heteroatoms. The van der Waals surface area contributed by atoms with E-state index in [1.807, 2.05) is 18.2 Å². The Kier molecular flexibility index (Phi) is 4.59. The van der Waals surface area contributed by atoms with Gasteiger partial charge in [0.1, 0.15) is 0 Å². The first-order chi connectivity index (χ1) is 9.09. The Labute approximate surface area is 115 Å². The second-order valence-electron chi connectivity index (χ2n) is 5.97. The number of piperidine rings is 1. The van der Waals surface area contributed by atoms with Gasteiger partial charge in [-0.05, 0) is 24.9 Å². The van der Waals surface area contributed by atoms with Gasteiger partial charge in [-0.3, -0.25) is 4.79 Å². The molecule has 1 aliphatic rings. The van der Waals surface area contributed by atoms with Gasteiger partial charge in [-0.25, -0.2) is 0 Å². The summed E-state index contributed by atoms with van der Waals surface area (Å²) in [7, 11) is 0. The van der Waals surface area contributed by atoms with Crippen LogP contribution in [0.25, 0.3) is 0 Å². The molecule has 1 fully saturated rings. The van der Waals surface area contributed by atoms with E-state index in [0.717, 1.165) is 19.4 Å². The highest BCUT2D eigenvalue weighted by molar-refractivity contribution is 5.81. The van der Waals surface area contributed by atoms with Crippen molar-refractivity contribution < 1.29 is 4.79 Å². The van der Waals surface area contributed by atoms with Gasteiger partial charge in [0, 0.05) is 12.0 Å². The predicted molar refractivity (Wildman–Crippen MR) is 78.1 cm³/mol. The fourth-order valence-electron chi connectivity index (χ4n) is 2.50. The zero-order valence-electron chi connectivity index (χ0n) is 11.9. The fourth-order valence-corrected chi connectivity index (χ4v) is 2.50. The van der Waals surface area contributed by atoms with Crippen LogP contribution in [0, 0.1) is 0 Å². The fraction of sp³-hybridized carbons (Fsp3) is 0.562. The van der Waals surface area contributed by atoms with Crippen molar-refractivity contribution in [2.24, 2.45) is 0 Å². The molecule has 3 nitrogen and oxygen atoms in total. The molecule has 19 heavy (non-hydrogen) atoms. The van der Waals surface area contributed by atoms with Gasteiger partial charge in [-0.15, -0.1) is 0 Å². The molecule has 1 atom stereocenters. The standard InChI is InChI=1S/C16H24N2O/c1-16(2,13-8-4-3-5-9-13)12-18-15(19)14-10-6-7-11-17-14/h3-5,8-9,14,17H,6-7,10-12H2,1-2H3,(H,18,19)/t14-/m0/s1. The average Bonchev–Trinajstić information content (AvgIpc) is 2.47. The Balaban J connectivity index is 1.88. The third kappa shape index (κ3) is 3.80. The number of hydrogen-bond donors (Lipinski definition) is 2. The van der Waals surface area contributed by atoms with E-state index in [1.54, 1.807) is 0 Å². The van der Waals surface area contributed by atoms with E-state index in [-0.39, 0.29) is 17.4 Å². The Hall–Kier alpha value is -1.35. The number of rotatable bonds is 4. The van der Waals surface area contributed by atoms with Gasteiger partial charge < -0.3 is 10.6 Å². The molecule has 104 valence electrons. The Bertz CT molecular complexity index is 408. The van der Waals surface area contributed by atoms with Crippen LogP contribution in [0.1, 0.15) is 38.7 Å². The Morgan fingerprint density at radius 2 is 2.05 bits per heavy atom. The molecule has 0 spiro atoms. The number of hydrogen-bond acceptors (Lipinski definition) is 2. The summed E-state index contributed by atoms with van der Waals surface area (Å²) in [4.78, 5) is 12.1. The van der Waals surface area contributed by atoms with Crippen molar-refractivity contribution in [1.29, 1.82) is 0 Å². The maximum absolute atomic E-state index is 12.1. The van der Waals surface area contributed by atoms with Crippen molar-refractivity contribution in [2.45, 2.75) is 44.6 Å². The summed E-state index contributed by atoms with van der Waals surface area (Å²) in [5.41, 5.74) is 1.22. The molecule has 0 unspecified atom stereocenters. The van der Waals surface area contributed by atoms with E-state index in [4.69, 9.17) is 0 Å². The lowest BCUT2D eigenvalue weighted by Gasteiger charge is -2.28. The maximum Gasteiger partial charge on any atom is 0.237 e. The molecule has 1 aliphatic heterocycles. The van der Waals surface area contributed by atoms with Crippen LogP contribution < -0.4 is 10.6 Å². The van der Waals surface area contributed by atoms with Crippen LogP contribution in [0.3, 0.4) is 0 Å². The lowest BCUT2D eigenvalue weighted by atomic mass is 9.84. The molecule has 0 aromatic heterocycles. The van der Waals surface area contributed by atoms with Crippen molar-refractivity contribution >= 4 is 5.91 Å². The minimum absolute atomic E-state index is 0.000299. The van der Waals surface area contributed by atoms with E-state index in [9.17, 15) is 4.79 Å². The second-order valence-corrected chi connectivity index (χ2v) is 5.97. The molecule has 1 amide bonds. The number of nitrogens with one attached hydrogen (secondary N) is 2. The number of carbonyl (C=O) groups is 1. The summed E-state index contributed by atoms with van der Waals surface area (Å²) in [5.74, 6) is 0.142. The van der Waals surface area contributed by atoms with Crippen molar-refractivity contribution in [1.82, 2.24) is 10.6 Å². The molecular weight excluding hydrogens is 236 g/mol. The summed E-state index contributed by atoms with van der Waals surface area (Å²) in [6.07, 6.45) is 3.28. The maximum atomic E-state index is 12.1. The van der Waals surface area contributed by atoms with E-state index in [0.29, 0.717) is 6.54 Å². The molecule has 1 aromatic carbocycles. The van der Waals surface area contributed by atoms with Crippen LogP contribution in [0.4, 0.5) is 0 Å². The summed E-state index contributed by atoms with van der Waals surface area (Å²) in [5, 5.41) is 6.37. The minimum atomic E-state index is -0.0361. The zero-order valence-corrected chi connectivity index (χ0v) is 11.9. The van der Waals surface area contributed by atoms with Crippen LogP contribution >= 0.6 is 0 Å². The van der Waals surface area contributed by atoms with E-state index < -0.39 is 0 Å². The summed E-state index contributed by atoms with van der Waals surface area (Å²) >= 11 is 0. The highest BCUT2D eigenvalue weighted by atomic mass is 16.2. The van der Waals surface area contributed by atoms with Gasteiger partial charge in [0.05, 0.1) is 6.04 Å². The van der Waals surface area contributed by atoms with Crippen molar-refractivity contribution in [3.05, 3.63) is 35.9 Å². The molecule has 2 rings (SSSR count). The van der Waals surface area contributed by atoms with Gasteiger partial charge in [0.15, 0.2) is 0 Å². The third-order valence-electron chi connectivity index (χ3n) is 3.89. The smallest absolute Gasteiger partial charge is 0.237 e. The molecule has 2 N–H and O–H groups in total. The van der Waals surface area contributed by atoms with Crippen LogP contribution in [0.5, 0.6) is 0 Å². The summed E-state index contributed by atoms with van der Waals surface area (Å²) in [6.45, 7) is 5.96. The van der Waals surface area contributed by atoms with Crippen LogP contribution in [-0.4, -0.2) is 25.0 Å². The van der Waals surface area contributed by atoms with Gasteiger partial charge in [0.25, 0.3) is 0 Å². The summed E-state index contributed by atoms with van der Waals surface area (Å²) < 4.78 is 0. The van der Waals surface area contributed by atoms with Gasteiger partial charge in [-0.1, -0.05) is 50.6 Å². The lowest BCUT2D eigenvalue weighted by molar-refractivity contribution is -0.123. The van der Waals surface area contributed by atoms with E-state index in [1.165, 1.54) is 12.0 Å². The largest absolute Gasteiger partial charge is 0.354 e. The minimum Gasteiger partial charge on any atom is -0.354 e. The van der Waals surface area contributed by atoms with E-state index >= 15 is 0 Å². The molecule has 1 heterocycles. The first-order valence-corrected chi connectivity index (χ1v) is 7.16. The van der Waals surface area contributed by atoms with E-state index in [2.05, 4.69) is 36.6 Å². The second kappa shape index (κ2) is 6.20. The number of benzene rings is 1. The Morgan fingerprint density at radius 3 is 2.68 bits per heavy atom. The quantitative estimate of drug-likeness (QED) is 0.871. The number of carbonyl (C=O) groups excluding carboxylic acids is 1. The van der Waals surface area contributed by atoms with Gasteiger partial charge >= 0.3 is 0 Å². The van der Waals surface area contributed by atoms with Crippen molar-refractivity contribution in [3.63, 3.8) is 0 Å². The molecule has 1 saturated heterocycles. The van der Waals surface area contributed by atoms with Crippen molar-refractivity contribution in [2.75, 3.05) is 13.1 Å². The predicted octanol–water partition coefficient (Wildman–Crippen LogP) is 2.22. The van der Waals surface area contributed by atoms with Crippen molar-refractivity contribution in [3.8, 4) is 0 Å². The molecule has 0 bridgehead atoms. The molecule has 1 aromatic rings. The first-order valence-electron chi connectivity index (χ1n) is 7.16. The topological polar surface area (TPSA) is 41.1 Å². The zero-order chi connectivity index (χ0) is 13.7. The third-order valence-corrected chi connectivity index (χ3v) is 3.89. The highest BCUT2D eigenvalue weighted by Gasteiger charge is 2.24. The molecular formula is C16H24N2O. The summed E-state index contributed by atoms with van der Waals surface area (Å²) in [6, 6.07) is 10.3. The van der Waals surface area contributed by atoms with Gasteiger partial charge in [-0.2, -0.15) is 0 Å². The van der Waals surface area contributed by atoms with Crippen LogP contribution in [-0.2, 0) is 10.2 Å². The molecule has 0 radical (unpaired) electrons. The molecule has 0 saturated carbocycles. The molecule has 0 aliphatic carbocycles. The SMILES string of the molecule is CC(C)(CNC(=O)[C@@H]1CCCCN1)c1ccccc1. The normalized spacial score (nSPS) is 20.0. The first kappa shape index (κ1) is 14.1.